The van der Waals surface area contributed by atoms with Crippen molar-refractivity contribution < 1.29 is 14.3 Å². The summed E-state index contributed by atoms with van der Waals surface area (Å²) >= 11 is 12.8. The maximum absolute atomic E-state index is 12.2. The minimum absolute atomic E-state index is 0.0859. The summed E-state index contributed by atoms with van der Waals surface area (Å²) in [6, 6.07) is 10.0. The van der Waals surface area contributed by atoms with Crippen LogP contribution in [0.4, 0.5) is 10.5 Å². The third-order valence-corrected chi connectivity index (χ3v) is 5.51. The van der Waals surface area contributed by atoms with Gasteiger partial charge in [-0.05, 0) is 42.8 Å². The minimum Gasteiger partial charge on any atom is -0.488 e. The van der Waals surface area contributed by atoms with Crippen LogP contribution in [0.3, 0.4) is 0 Å². The van der Waals surface area contributed by atoms with Gasteiger partial charge in [0.1, 0.15) is 23.1 Å². The predicted octanol–water partition coefficient (Wildman–Crippen LogP) is 3.90. The van der Waals surface area contributed by atoms with Crippen LogP contribution in [-0.2, 0) is 13.7 Å². The molecule has 0 aliphatic carbocycles. The standard InChI is InChI=1S/C21H24Cl2N6O3/c1-12-10-13(19-18(23)20(31-4)28(3)26-19)8-9-17(12)32-11-14-15(22)6-5-7-16(14)29(25)21(30)27(2)24/h5-10H,11,24-25H2,1-4H3. The molecule has 0 bridgehead atoms. The number of rotatable bonds is 6. The van der Waals surface area contributed by atoms with Gasteiger partial charge < -0.3 is 9.47 Å². The molecule has 0 radical (unpaired) electrons. The molecule has 0 spiro atoms. The lowest BCUT2D eigenvalue weighted by molar-refractivity contribution is 0.216. The first kappa shape index (κ1) is 23.7. The number of amides is 2. The lowest BCUT2D eigenvalue weighted by atomic mass is 10.1. The fourth-order valence-corrected chi connectivity index (χ4v) is 3.76. The van der Waals surface area contributed by atoms with E-state index in [1.807, 2.05) is 25.1 Å². The lowest BCUT2D eigenvalue weighted by Crippen LogP contribution is -2.49. The normalized spacial score (nSPS) is 10.8. The first-order valence-electron chi connectivity index (χ1n) is 9.50. The SMILES string of the molecule is COc1c(Cl)c(-c2ccc(OCc3c(Cl)cccc3N(N)C(=O)N(C)N)c(C)c2)nn1C. The molecule has 32 heavy (non-hydrogen) atoms. The zero-order valence-corrected chi connectivity index (χ0v) is 19.6. The highest BCUT2D eigenvalue weighted by atomic mass is 35.5. The Morgan fingerprint density at radius 3 is 2.53 bits per heavy atom. The summed E-state index contributed by atoms with van der Waals surface area (Å²) < 4.78 is 12.9. The van der Waals surface area contributed by atoms with Crippen LogP contribution in [-0.4, -0.2) is 35.0 Å². The molecule has 0 aliphatic rings. The van der Waals surface area contributed by atoms with E-state index in [1.165, 1.54) is 7.05 Å². The molecule has 1 heterocycles. The van der Waals surface area contributed by atoms with Gasteiger partial charge >= 0.3 is 6.03 Å². The van der Waals surface area contributed by atoms with Gasteiger partial charge in [0.05, 0.1) is 12.8 Å². The summed E-state index contributed by atoms with van der Waals surface area (Å²) in [6.45, 7) is 1.99. The van der Waals surface area contributed by atoms with E-state index >= 15 is 0 Å². The van der Waals surface area contributed by atoms with Crippen LogP contribution in [0, 0.1) is 6.92 Å². The van der Waals surface area contributed by atoms with Gasteiger partial charge in [0.2, 0.25) is 5.88 Å². The highest BCUT2D eigenvalue weighted by Crippen LogP contribution is 2.36. The second-order valence-electron chi connectivity index (χ2n) is 7.07. The van der Waals surface area contributed by atoms with Crippen molar-refractivity contribution in [1.29, 1.82) is 0 Å². The number of urea groups is 1. The first-order valence-corrected chi connectivity index (χ1v) is 10.3. The Morgan fingerprint density at radius 2 is 1.94 bits per heavy atom. The Labute approximate surface area is 195 Å². The van der Waals surface area contributed by atoms with Crippen molar-refractivity contribution in [3.63, 3.8) is 0 Å². The molecule has 11 heteroatoms. The van der Waals surface area contributed by atoms with E-state index in [0.29, 0.717) is 38.6 Å². The summed E-state index contributed by atoms with van der Waals surface area (Å²) in [5.41, 5.74) is 3.23. The minimum atomic E-state index is -0.600. The predicted molar refractivity (Wildman–Crippen MR) is 125 cm³/mol. The van der Waals surface area contributed by atoms with Crippen molar-refractivity contribution >= 4 is 34.9 Å². The molecular weight excluding hydrogens is 455 g/mol. The first-order chi connectivity index (χ1) is 15.1. The van der Waals surface area contributed by atoms with Crippen molar-refractivity contribution in [3.05, 3.63) is 57.6 Å². The van der Waals surface area contributed by atoms with Crippen molar-refractivity contribution in [2.24, 2.45) is 18.7 Å². The summed E-state index contributed by atoms with van der Waals surface area (Å²) in [4.78, 5) is 12.2. The Balaban J connectivity index is 1.85. The van der Waals surface area contributed by atoms with Crippen molar-refractivity contribution in [2.75, 3.05) is 19.2 Å². The molecule has 0 saturated carbocycles. The number of nitrogens with zero attached hydrogens (tertiary/aromatic N) is 4. The molecule has 9 nitrogen and oxygen atoms in total. The van der Waals surface area contributed by atoms with Crippen LogP contribution in [0.2, 0.25) is 10.0 Å². The van der Waals surface area contributed by atoms with Gasteiger partial charge in [0, 0.05) is 30.2 Å². The average molecular weight is 479 g/mol. The van der Waals surface area contributed by atoms with Crippen LogP contribution < -0.4 is 26.2 Å². The van der Waals surface area contributed by atoms with E-state index < -0.39 is 6.03 Å². The monoisotopic (exact) mass is 478 g/mol. The van der Waals surface area contributed by atoms with Gasteiger partial charge in [0.15, 0.2) is 0 Å². The van der Waals surface area contributed by atoms with Gasteiger partial charge in [-0.15, -0.1) is 0 Å². The number of ether oxygens (including phenoxy) is 2. The molecule has 0 atom stereocenters. The lowest BCUT2D eigenvalue weighted by Gasteiger charge is -2.24. The number of hydrogen-bond acceptors (Lipinski definition) is 6. The fourth-order valence-electron chi connectivity index (χ4n) is 3.19. The summed E-state index contributed by atoms with van der Waals surface area (Å²) in [5.74, 6) is 12.6. The number of halogens is 2. The van der Waals surface area contributed by atoms with Gasteiger partial charge in [0.25, 0.3) is 0 Å². The fraction of sp³-hybridized carbons (Fsp3) is 0.238. The highest BCUT2D eigenvalue weighted by molar-refractivity contribution is 6.34. The van der Waals surface area contributed by atoms with E-state index in [-0.39, 0.29) is 6.61 Å². The number of aromatic nitrogens is 2. The summed E-state index contributed by atoms with van der Waals surface area (Å²) in [5, 5.41) is 7.07. The highest BCUT2D eigenvalue weighted by Gasteiger charge is 2.20. The van der Waals surface area contributed by atoms with E-state index in [2.05, 4.69) is 5.10 Å². The zero-order chi connectivity index (χ0) is 23.6. The maximum atomic E-state index is 12.2. The van der Waals surface area contributed by atoms with E-state index in [4.69, 9.17) is 44.4 Å². The van der Waals surface area contributed by atoms with Gasteiger partial charge in [-0.1, -0.05) is 29.3 Å². The molecule has 4 N–H and O–H groups in total. The van der Waals surface area contributed by atoms with Gasteiger partial charge in [-0.25, -0.2) is 26.2 Å². The molecule has 1 aromatic heterocycles. The second kappa shape index (κ2) is 9.66. The number of anilines is 1. The molecule has 2 aromatic carbocycles. The third kappa shape index (κ3) is 4.61. The molecule has 2 amide bonds. The number of nitrogens with two attached hydrogens (primary N) is 2. The molecule has 3 rings (SSSR count). The maximum Gasteiger partial charge on any atom is 0.352 e. The molecule has 3 aromatic rings. The third-order valence-electron chi connectivity index (χ3n) is 4.81. The van der Waals surface area contributed by atoms with Crippen molar-refractivity contribution in [2.45, 2.75) is 13.5 Å². The van der Waals surface area contributed by atoms with Crippen LogP contribution in [0.25, 0.3) is 11.3 Å². The van der Waals surface area contributed by atoms with E-state index in [1.54, 1.807) is 37.0 Å². The molecular formula is C21H24Cl2N6O3. The average Bonchev–Trinajstić information content (AvgIpc) is 3.05. The van der Waals surface area contributed by atoms with Crippen LogP contribution >= 0.6 is 23.2 Å². The summed E-state index contributed by atoms with van der Waals surface area (Å²) in [6.07, 6.45) is 0. The number of carbonyl (C=O) groups excluding carboxylic acids is 1. The van der Waals surface area contributed by atoms with Crippen LogP contribution in [0.1, 0.15) is 11.1 Å². The van der Waals surface area contributed by atoms with Gasteiger partial charge in [-0.3, -0.25) is 5.01 Å². The van der Waals surface area contributed by atoms with Gasteiger partial charge in [-0.2, -0.15) is 5.10 Å². The number of aryl methyl sites for hydroxylation is 2. The Kier molecular flexibility index (Phi) is 7.15. The smallest absolute Gasteiger partial charge is 0.352 e. The number of hydrazine groups is 2. The Hall–Kier alpha value is -2.98. The molecule has 0 fully saturated rings. The van der Waals surface area contributed by atoms with Crippen molar-refractivity contribution in [3.8, 4) is 22.9 Å². The van der Waals surface area contributed by atoms with E-state index in [9.17, 15) is 4.79 Å². The molecule has 0 aliphatic heterocycles. The Morgan fingerprint density at radius 1 is 1.22 bits per heavy atom. The number of benzene rings is 2. The zero-order valence-electron chi connectivity index (χ0n) is 18.1. The van der Waals surface area contributed by atoms with E-state index in [0.717, 1.165) is 21.1 Å². The largest absolute Gasteiger partial charge is 0.488 e. The summed E-state index contributed by atoms with van der Waals surface area (Å²) in [7, 11) is 4.70. The Bertz CT molecular complexity index is 1150. The second-order valence-corrected chi connectivity index (χ2v) is 7.85. The molecule has 0 unspecified atom stereocenters. The number of hydrogen-bond donors (Lipinski definition) is 2. The topological polar surface area (TPSA) is 112 Å². The number of carbonyl (C=O) groups is 1. The molecule has 0 saturated heterocycles. The van der Waals surface area contributed by atoms with Crippen molar-refractivity contribution in [1.82, 2.24) is 14.8 Å². The quantitative estimate of drug-likeness (QED) is 0.315. The molecule has 170 valence electrons. The number of methoxy groups -OCH3 is 1. The van der Waals surface area contributed by atoms with Crippen LogP contribution in [0.5, 0.6) is 11.6 Å². The van der Waals surface area contributed by atoms with Crippen LogP contribution in [0.15, 0.2) is 36.4 Å².